The molecule has 0 aromatic rings. The monoisotopic (exact) mass is 181 g/mol. The molecule has 13 heavy (non-hydrogen) atoms. The van der Waals surface area contributed by atoms with E-state index in [4.69, 9.17) is 5.11 Å². The first kappa shape index (κ1) is 7.35. The second-order valence-corrected chi connectivity index (χ2v) is 4.40. The van der Waals surface area contributed by atoms with Gasteiger partial charge < -0.3 is 10.4 Å². The van der Waals surface area contributed by atoms with Crippen LogP contribution in [0, 0.1) is 23.7 Å². The van der Waals surface area contributed by atoms with Gasteiger partial charge in [0.15, 0.2) is 0 Å². The largest absolute Gasteiger partial charge is 0.481 e. The van der Waals surface area contributed by atoms with Crippen molar-refractivity contribution in [1.29, 1.82) is 0 Å². The maximum atomic E-state index is 11.4. The molecule has 5 atom stereocenters. The Labute approximate surface area is 75.3 Å². The third-order valence-electron chi connectivity index (χ3n) is 3.92. The number of carboxylic acid groups (broad SMARTS) is 1. The molecule has 1 heterocycles. The summed E-state index contributed by atoms with van der Waals surface area (Å²) < 4.78 is 0. The zero-order valence-corrected chi connectivity index (χ0v) is 7.06. The van der Waals surface area contributed by atoms with Crippen molar-refractivity contribution in [3.63, 3.8) is 0 Å². The highest BCUT2D eigenvalue weighted by Gasteiger charge is 2.62. The van der Waals surface area contributed by atoms with Gasteiger partial charge >= 0.3 is 5.97 Å². The molecule has 2 saturated carbocycles. The molecule has 0 aromatic carbocycles. The van der Waals surface area contributed by atoms with Gasteiger partial charge in [0.1, 0.15) is 0 Å². The molecular weight excluding hydrogens is 170 g/mol. The van der Waals surface area contributed by atoms with Gasteiger partial charge in [-0.2, -0.15) is 0 Å². The zero-order chi connectivity index (χ0) is 9.16. The van der Waals surface area contributed by atoms with Crippen molar-refractivity contribution in [2.45, 2.75) is 18.9 Å². The third-order valence-corrected chi connectivity index (χ3v) is 3.92. The molecule has 3 rings (SSSR count). The van der Waals surface area contributed by atoms with E-state index in [1.54, 1.807) is 0 Å². The Hall–Kier alpha value is -1.06. The Morgan fingerprint density at radius 3 is 2.92 bits per heavy atom. The first-order chi connectivity index (χ1) is 6.18. The Morgan fingerprint density at radius 2 is 2.23 bits per heavy atom. The first-order valence-corrected chi connectivity index (χ1v) is 4.71. The minimum absolute atomic E-state index is 0.0256. The van der Waals surface area contributed by atoms with Crippen molar-refractivity contribution >= 4 is 11.9 Å². The van der Waals surface area contributed by atoms with Crippen molar-refractivity contribution in [1.82, 2.24) is 5.32 Å². The molecule has 0 aromatic heterocycles. The first-order valence-electron chi connectivity index (χ1n) is 4.71. The summed E-state index contributed by atoms with van der Waals surface area (Å²) in [6.07, 6.45) is 1.81. The number of amides is 1. The molecular formula is C9H11NO3. The molecule has 0 spiro atoms. The summed E-state index contributed by atoms with van der Waals surface area (Å²) in [5.74, 6) is -0.865. The zero-order valence-electron chi connectivity index (χ0n) is 7.06. The van der Waals surface area contributed by atoms with Crippen LogP contribution in [-0.2, 0) is 9.59 Å². The number of hydrogen-bond acceptors (Lipinski definition) is 2. The van der Waals surface area contributed by atoms with Crippen LogP contribution in [0.2, 0.25) is 0 Å². The molecule has 3 fully saturated rings. The fourth-order valence-electron chi connectivity index (χ4n) is 3.52. The van der Waals surface area contributed by atoms with Crippen LogP contribution in [0.3, 0.4) is 0 Å². The fraction of sp³-hybridized carbons (Fsp3) is 0.778. The average molecular weight is 181 g/mol. The van der Waals surface area contributed by atoms with Gasteiger partial charge in [0, 0.05) is 6.04 Å². The lowest BCUT2D eigenvalue weighted by Crippen LogP contribution is -2.31. The lowest BCUT2D eigenvalue weighted by atomic mass is 9.80. The minimum atomic E-state index is -0.784. The van der Waals surface area contributed by atoms with E-state index in [0.29, 0.717) is 5.92 Å². The van der Waals surface area contributed by atoms with E-state index in [9.17, 15) is 9.59 Å². The van der Waals surface area contributed by atoms with Gasteiger partial charge in [0.25, 0.3) is 0 Å². The SMILES string of the molecule is O=C1N[C@H]2C[C@@H]3C[C@@H]2[C@@H]1[C@H]3C(=O)O. The van der Waals surface area contributed by atoms with Crippen LogP contribution in [0.15, 0.2) is 0 Å². The minimum Gasteiger partial charge on any atom is -0.481 e. The fourth-order valence-corrected chi connectivity index (χ4v) is 3.52. The van der Waals surface area contributed by atoms with Crippen molar-refractivity contribution in [2.75, 3.05) is 0 Å². The Bertz CT molecular complexity index is 299. The number of nitrogens with one attached hydrogen (secondary N) is 1. The quantitative estimate of drug-likeness (QED) is 0.590. The molecule has 0 radical (unpaired) electrons. The number of carbonyl (C=O) groups is 2. The van der Waals surface area contributed by atoms with Crippen LogP contribution >= 0.6 is 0 Å². The van der Waals surface area contributed by atoms with E-state index in [1.807, 2.05) is 0 Å². The predicted octanol–water partition coefficient (Wildman–Crippen LogP) is -0.158. The maximum Gasteiger partial charge on any atom is 0.307 e. The van der Waals surface area contributed by atoms with Crippen molar-refractivity contribution < 1.29 is 14.7 Å². The number of rotatable bonds is 1. The third kappa shape index (κ3) is 0.716. The summed E-state index contributed by atoms with van der Waals surface area (Å²) >= 11 is 0. The molecule has 2 aliphatic carbocycles. The van der Waals surface area contributed by atoms with Crippen LogP contribution in [0.25, 0.3) is 0 Å². The summed E-state index contributed by atoms with van der Waals surface area (Å²) in [6.45, 7) is 0. The van der Waals surface area contributed by atoms with Crippen LogP contribution < -0.4 is 5.32 Å². The van der Waals surface area contributed by atoms with E-state index in [1.165, 1.54) is 0 Å². The number of carbonyl (C=O) groups excluding carboxylic acids is 1. The highest BCUT2D eigenvalue weighted by molar-refractivity contribution is 5.89. The molecule has 70 valence electrons. The summed E-state index contributed by atoms with van der Waals surface area (Å²) in [4.78, 5) is 22.4. The van der Waals surface area contributed by atoms with E-state index < -0.39 is 11.9 Å². The van der Waals surface area contributed by atoms with Gasteiger partial charge in [-0.15, -0.1) is 0 Å². The predicted molar refractivity (Wildman–Crippen MR) is 42.8 cm³/mol. The molecule has 4 nitrogen and oxygen atoms in total. The second-order valence-electron chi connectivity index (χ2n) is 4.40. The standard InChI is InChI=1S/C9H11NO3/c11-8-7-4-1-3(2-5(4)10-8)6(7)9(12)13/h3-7H,1-2H2,(H,10,11)(H,12,13)/t3-,4-,5-,6-,7+/m0/s1. The highest BCUT2D eigenvalue weighted by Crippen LogP contribution is 2.55. The molecule has 1 aliphatic heterocycles. The number of fused-ring (bicyclic) bond motifs is 1. The summed E-state index contributed by atoms with van der Waals surface area (Å²) in [7, 11) is 0. The highest BCUT2D eigenvalue weighted by atomic mass is 16.4. The molecule has 0 unspecified atom stereocenters. The summed E-state index contributed by atoms with van der Waals surface area (Å²) in [6, 6.07) is 0.290. The van der Waals surface area contributed by atoms with Gasteiger partial charge in [-0.25, -0.2) is 0 Å². The molecule has 1 amide bonds. The van der Waals surface area contributed by atoms with Gasteiger partial charge in [-0.3, -0.25) is 9.59 Å². The maximum absolute atomic E-state index is 11.4. The van der Waals surface area contributed by atoms with Crippen LogP contribution in [0.5, 0.6) is 0 Å². The van der Waals surface area contributed by atoms with Gasteiger partial charge in [0.2, 0.25) is 5.91 Å². The topological polar surface area (TPSA) is 66.4 Å². The number of carboxylic acids is 1. The van der Waals surface area contributed by atoms with Gasteiger partial charge in [0.05, 0.1) is 11.8 Å². The van der Waals surface area contributed by atoms with E-state index in [2.05, 4.69) is 5.32 Å². The molecule has 3 aliphatic rings. The van der Waals surface area contributed by atoms with Crippen molar-refractivity contribution in [3.05, 3.63) is 0 Å². The summed E-state index contributed by atoms with van der Waals surface area (Å²) in [5.41, 5.74) is 0. The van der Waals surface area contributed by atoms with E-state index in [-0.39, 0.29) is 23.8 Å². The van der Waals surface area contributed by atoms with Crippen LogP contribution in [-0.4, -0.2) is 23.0 Å². The van der Waals surface area contributed by atoms with Crippen LogP contribution in [0.1, 0.15) is 12.8 Å². The second kappa shape index (κ2) is 2.05. The molecule has 2 bridgehead atoms. The lowest BCUT2D eigenvalue weighted by Gasteiger charge is -2.21. The van der Waals surface area contributed by atoms with E-state index in [0.717, 1.165) is 12.8 Å². The Morgan fingerprint density at radius 1 is 1.46 bits per heavy atom. The smallest absolute Gasteiger partial charge is 0.307 e. The summed E-state index contributed by atoms with van der Waals surface area (Å²) in [5, 5.41) is 11.9. The number of aliphatic carboxylic acids is 1. The molecule has 2 N–H and O–H groups in total. The Balaban J connectivity index is 2.01. The normalized spacial score (nSPS) is 51.1. The average Bonchev–Trinajstić information content (AvgIpc) is 2.60. The number of hydrogen-bond donors (Lipinski definition) is 2. The molecule has 1 saturated heterocycles. The van der Waals surface area contributed by atoms with Crippen molar-refractivity contribution in [3.8, 4) is 0 Å². The van der Waals surface area contributed by atoms with Gasteiger partial charge in [-0.1, -0.05) is 0 Å². The van der Waals surface area contributed by atoms with Gasteiger partial charge in [-0.05, 0) is 24.7 Å². The Kier molecular flexibility index (Phi) is 1.16. The molecule has 4 heteroatoms. The van der Waals surface area contributed by atoms with E-state index >= 15 is 0 Å². The lowest BCUT2D eigenvalue weighted by molar-refractivity contribution is -0.147. The van der Waals surface area contributed by atoms with Crippen LogP contribution in [0.4, 0.5) is 0 Å². The van der Waals surface area contributed by atoms with Crippen molar-refractivity contribution in [2.24, 2.45) is 23.7 Å².